The molecule has 0 spiro atoms. The molecule has 0 atom stereocenters. The van der Waals surface area contributed by atoms with Gasteiger partial charge in [0, 0.05) is 30.1 Å². The lowest BCUT2D eigenvalue weighted by Gasteiger charge is -2.37. The first kappa shape index (κ1) is 29.4. The van der Waals surface area contributed by atoms with Gasteiger partial charge in [-0.15, -0.1) is 0 Å². The zero-order valence-corrected chi connectivity index (χ0v) is 27.3. The number of aryl methyl sites for hydroxylation is 1. The minimum Gasteiger partial charge on any atom is -0.491 e. The maximum Gasteiger partial charge on any atom is 0.211 e. The van der Waals surface area contributed by atoms with E-state index in [0.29, 0.717) is 46.9 Å². The fourth-order valence-electron chi connectivity index (χ4n) is 6.28. The summed E-state index contributed by atoms with van der Waals surface area (Å²) in [7, 11) is 3.55. The third kappa shape index (κ3) is 5.56. The average Bonchev–Trinajstić information content (AvgIpc) is 3.52. The van der Waals surface area contributed by atoms with Crippen LogP contribution in [0.4, 0.5) is 11.8 Å². The fraction of sp³-hybridized carbons (Fsp3) is 0.400. The van der Waals surface area contributed by atoms with Gasteiger partial charge in [-0.3, -0.25) is 9.08 Å². The van der Waals surface area contributed by atoms with Gasteiger partial charge in [0.05, 0.1) is 50.6 Å². The van der Waals surface area contributed by atoms with E-state index < -0.39 is 0 Å². The van der Waals surface area contributed by atoms with Crippen LogP contribution < -0.4 is 14.8 Å². The number of nitrogens with one attached hydrogen (secondary N) is 1. The molecule has 0 amide bonds. The fourth-order valence-corrected chi connectivity index (χ4v) is 6.28. The van der Waals surface area contributed by atoms with Gasteiger partial charge >= 0.3 is 0 Å². The lowest BCUT2D eigenvalue weighted by molar-refractivity contribution is -0.0394. The number of hydrogen-bond donors (Lipinski definition) is 1. The molecular weight excluding hydrogens is 594 g/mol. The molecule has 1 aromatic carbocycles. The summed E-state index contributed by atoms with van der Waals surface area (Å²) in [5.74, 6) is 4.40. The third-order valence-corrected chi connectivity index (χ3v) is 9.07. The van der Waals surface area contributed by atoms with Gasteiger partial charge in [-0.1, -0.05) is 51.1 Å². The molecule has 12 heteroatoms. The van der Waals surface area contributed by atoms with E-state index in [1.54, 1.807) is 25.7 Å². The number of pyridine rings is 1. The zero-order valence-electron chi connectivity index (χ0n) is 27.3. The molecule has 2 fully saturated rings. The van der Waals surface area contributed by atoms with E-state index in [2.05, 4.69) is 63.9 Å². The molecule has 2 aliphatic carbocycles. The summed E-state index contributed by atoms with van der Waals surface area (Å²) in [6, 6.07) is 12.7. The molecule has 2 saturated carbocycles. The Balaban J connectivity index is 1.03. The van der Waals surface area contributed by atoms with Crippen LogP contribution in [0, 0.1) is 0 Å². The number of imidazole rings is 2. The van der Waals surface area contributed by atoms with Gasteiger partial charge < -0.3 is 24.1 Å². The van der Waals surface area contributed by atoms with Crippen LogP contribution in [-0.2, 0) is 23.8 Å². The number of fused-ring (bicyclic) bond motifs is 2. The van der Waals surface area contributed by atoms with Crippen LogP contribution in [0.5, 0.6) is 17.2 Å². The second kappa shape index (κ2) is 11.4. The number of anilines is 2. The Kier molecular flexibility index (Phi) is 7.12. The Morgan fingerprint density at radius 1 is 1.00 bits per heavy atom. The van der Waals surface area contributed by atoms with Crippen molar-refractivity contribution >= 4 is 28.6 Å². The minimum atomic E-state index is -0.0969. The Bertz CT molecular complexity index is 2070. The molecule has 5 aromatic heterocycles. The lowest BCUT2D eigenvalue weighted by atomic mass is 9.86. The number of benzene rings is 1. The average molecular weight is 634 g/mol. The van der Waals surface area contributed by atoms with Gasteiger partial charge in [-0.25, -0.2) is 15.0 Å². The van der Waals surface area contributed by atoms with Crippen molar-refractivity contribution in [3.8, 4) is 17.2 Å². The second-order valence-corrected chi connectivity index (χ2v) is 13.6. The SMILES string of the molecule is COc1c(Oc2cnc3cnc(C4CC4)n3c2)cnc2nc(Nc3cc(C(C)(C)C)n([C@H]4C[C@H](OCc5ccccc5)C4)n3)n(C)c12. The van der Waals surface area contributed by atoms with Gasteiger partial charge in [0.25, 0.3) is 0 Å². The molecule has 1 N–H and O–H groups in total. The van der Waals surface area contributed by atoms with Crippen molar-refractivity contribution in [1.82, 2.24) is 38.7 Å². The summed E-state index contributed by atoms with van der Waals surface area (Å²) < 4.78 is 24.4. The highest BCUT2D eigenvalue weighted by Gasteiger charge is 2.36. The van der Waals surface area contributed by atoms with Crippen LogP contribution in [0.25, 0.3) is 16.8 Å². The summed E-state index contributed by atoms with van der Waals surface area (Å²) >= 11 is 0. The molecule has 47 heavy (non-hydrogen) atoms. The van der Waals surface area contributed by atoms with Gasteiger partial charge in [0.15, 0.2) is 34.4 Å². The summed E-state index contributed by atoms with van der Waals surface area (Å²) in [6.45, 7) is 7.27. The van der Waals surface area contributed by atoms with Gasteiger partial charge in [0.1, 0.15) is 11.3 Å². The van der Waals surface area contributed by atoms with Gasteiger partial charge in [-0.05, 0) is 31.2 Å². The normalized spacial score (nSPS) is 18.1. The maximum absolute atomic E-state index is 6.29. The van der Waals surface area contributed by atoms with E-state index in [0.717, 1.165) is 48.7 Å². The number of aromatic nitrogens is 8. The molecule has 0 aliphatic heterocycles. The number of nitrogens with zero attached hydrogens (tertiary/aromatic N) is 8. The predicted octanol–water partition coefficient (Wildman–Crippen LogP) is 6.85. The molecule has 0 radical (unpaired) electrons. The lowest BCUT2D eigenvalue weighted by Crippen LogP contribution is -2.36. The molecule has 0 bridgehead atoms. The summed E-state index contributed by atoms with van der Waals surface area (Å²) in [6.07, 6.45) is 11.4. The molecule has 6 aromatic rings. The van der Waals surface area contributed by atoms with Crippen LogP contribution in [0.2, 0.25) is 0 Å². The predicted molar refractivity (Wildman–Crippen MR) is 178 cm³/mol. The van der Waals surface area contributed by atoms with Crippen LogP contribution in [0.15, 0.2) is 61.2 Å². The number of hydrogen-bond acceptors (Lipinski definition) is 9. The van der Waals surface area contributed by atoms with E-state index in [1.165, 1.54) is 5.56 Å². The minimum absolute atomic E-state index is 0.0969. The number of methoxy groups -OCH3 is 1. The van der Waals surface area contributed by atoms with Crippen molar-refractivity contribution in [2.75, 3.05) is 12.4 Å². The quantitative estimate of drug-likeness (QED) is 0.173. The van der Waals surface area contributed by atoms with Crippen molar-refractivity contribution < 1.29 is 14.2 Å². The van der Waals surface area contributed by atoms with Crippen molar-refractivity contribution in [2.24, 2.45) is 7.05 Å². The van der Waals surface area contributed by atoms with Crippen molar-refractivity contribution in [2.45, 2.75) is 76.5 Å². The van der Waals surface area contributed by atoms with E-state index in [4.69, 9.17) is 24.3 Å². The smallest absolute Gasteiger partial charge is 0.211 e. The van der Waals surface area contributed by atoms with E-state index in [1.807, 2.05) is 40.4 Å². The molecule has 5 heterocycles. The molecule has 2 aliphatic rings. The monoisotopic (exact) mass is 633 g/mol. The highest BCUT2D eigenvalue weighted by Crippen LogP contribution is 2.42. The van der Waals surface area contributed by atoms with Crippen LogP contribution in [0.1, 0.15) is 75.5 Å². The third-order valence-electron chi connectivity index (χ3n) is 9.07. The van der Waals surface area contributed by atoms with E-state index in [-0.39, 0.29) is 17.6 Å². The highest BCUT2D eigenvalue weighted by molar-refractivity contribution is 5.84. The molecular formula is C35H39N9O3. The van der Waals surface area contributed by atoms with Gasteiger partial charge in [-0.2, -0.15) is 10.1 Å². The van der Waals surface area contributed by atoms with Crippen molar-refractivity contribution in [1.29, 1.82) is 0 Å². The first-order valence-electron chi connectivity index (χ1n) is 16.2. The maximum atomic E-state index is 6.29. The Morgan fingerprint density at radius 3 is 2.55 bits per heavy atom. The topological polar surface area (TPSA) is 118 Å². The number of ether oxygens (including phenoxy) is 3. The summed E-state index contributed by atoms with van der Waals surface area (Å²) in [5.41, 5.74) is 4.29. The summed E-state index contributed by atoms with van der Waals surface area (Å²) in [5, 5.41) is 8.47. The molecule has 8 rings (SSSR count). The molecule has 0 unspecified atom stereocenters. The van der Waals surface area contributed by atoms with Crippen molar-refractivity contribution in [3.63, 3.8) is 0 Å². The Morgan fingerprint density at radius 2 is 1.81 bits per heavy atom. The molecule has 0 saturated heterocycles. The number of rotatable bonds is 10. The van der Waals surface area contributed by atoms with E-state index >= 15 is 0 Å². The molecule has 12 nitrogen and oxygen atoms in total. The van der Waals surface area contributed by atoms with Crippen LogP contribution in [-0.4, -0.2) is 51.9 Å². The largest absolute Gasteiger partial charge is 0.491 e. The Labute approximate surface area is 272 Å². The van der Waals surface area contributed by atoms with Gasteiger partial charge in [0.2, 0.25) is 5.95 Å². The van der Waals surface area contributed by atoms with Crippen LogP contribution >= 0.6 is 0 Å². The van der Waals surface area contributed by atoms with Crippen LogP contribution in [0.3, 0.4) is 0 Å². The highest BCUT2D eigenvalue weighted by atomic mass is 16.5. The first-order chi connectivity index (χ1) is 22.7. The summed E-state index contributed by atoms with van der Waals surface area (Å²) in [4.78, 5) is 18.5. The second-order valence-electron chi connectivity index (χ2n) is 13.6. The van der Waals surface area contributed by atoms with E-state index in [9.17, 15) is 0 Å². The standard InChI is InChI=1S/C35H39N9O3/c1-35(2,3)27-15-28(41-44(27)23-13-24(14-23)46-20-21-9-7-6-8-10-21)39-34-40-32-30(42(34)4)31(45-5)26(17-37-32)47-25-16-36-29-18-38-33(22-11-12-22)43(29)19-25/h6-10,15-19,22-24H,11-14,20H2,1-5H3,(H,37,39,40,41)/t23-,24-. The molecule has 242 valence electrons. The zero-order chi connectivity index (χ0) is 32.3. The first-order valence-corrected chi connectivity index (χ1v) is 16.2. The Hall–Kier alpha value is -4.97. The van der Waals surface area contributed by atoms with Crippen molar-refractivity contribution in [3.05, 3.63) is 78.3 Å².